The molecule has 0 aliphatic carbocycles. The maximum Gasteiger partial charge on any atom is 0.253 e. The lowest BCUT2D eigenvalue weighted by Crippen LogP contribution is -2.37. The van der Waals surface area contributed by atoms with E-state index in [2.05, 4.69) is 16.4 Å². The summed E-state index contributed by atoms with van der Waals surface area (Å²) in [7, 11) is 3.42. The zero-order chi connectivity index (χ0) is 28.7. The number of carbonyl (C=O) groups excluding carboxylic acids is 1. The molecule has 1 amide bonds. The van der Waals surface area contributed by atoms with Crippen molar-refractivity contribution in [3.8, 4) is 11.5 Å². The summed E-state index contributed by atoms with van der Waals surface area (Å²) >= 11 is 0. The van der Waals surface area contributed by atoms with Gasteiger partial charge in [0.25, 0.3) is 5.91 Å². The van der Waals surface area contributed by atoms with Crippen LogP contribution in [0.5, 0.6) is 0 Å². The van der Waals surface area contributed by atoms with Gasteiger partial charge in [-0.3, -0.25) is 4.79 Å². The summed E-state index contributed by atoms with van der Waals surface area (Å²) < 4.78 is 39.5. The molecule has 0 saturated carbocycles. The first kappa shape index (κ1) is 26.9. The Kier molecular flexibility index (Phi) is 7.03. The second-order valence-electron chi connectivity index (χ2n) is 10.2. The molecule has 7 nitrogen and oxygen atoms in total. The molecule has 1 aromatic heterocycles. The molecule has 2 heterocycles. The number of oxazole rings is 1. The third-order valence-corrected chi connectivity index (χ3v) is 7.17. The second-order valence-corrected chi connectivity index (χ2v) is 10.2. The van der Waals surface area contributed by atoms with Crippen molar-refractivity contribution in [2.75, 3.05) is 20.6 Å². The fraction of sp³-hybridized carbons (Fsp3) is 0.258. The first-order valence-corrected chi connectivity index (χ1v) is 12.8. The minimum atomic E-state index is -0.946. The summed E-state index contributed by atoms with van der Waals surface area (Å²) in [5.74, 6) is -1.17. The Bertz CT molecular complexity index is 1660. The van der Waals surface area contributed by atoms with Crippen molar-refractivity contribution in [2.24, 2.45) is 0 Å². The van der Waals surface area contributed by atoms with Gasteiger partial charge >= 0.3 is 0 Å². The lowest BCUT2D eigenvalue weighted by Gasteiger charge is -2.26. The minimum absolute atomic E-state index is 0.156. The van der Waals surface area contributed by atoms with Crippen LogP contribution in [0, 0.1) is 18.2 Å². The van der Waals surface area contributed by atoms with Crippen molar-refractivity contribution in [1.82, 2.24) is 14.8 Å². The summed E-state index contributed by atoms with van der Waals surface area (Å²) in [4.78, 5) is 24.7. The highest BCUT2D eigenvalue weighted by Gasteiger charge is 2.38. The molecule has 0 radical (unpaired) electrons. The zero-order valence-corrected chi connectivity index (χ0v) is 22.6. The number of nitrogens with zero attached hydrogens (tertiary/aromatic N) is 4. The molecule has 1 aliphatic heterocycles. The van der Waals surface area contributed by atoms with Gasteiger partial charge in [-0.2, -0.15) is 0 Å². The maximum atomic E-state index is 14.0. The molecule has 1 saturated heterocycles. The van der Waals surface area contributed by atoms with Gasteiger partial charge in [-0.05, 0) is 72.2 Å². The van der Waals surface area contributed by atoms with Crippen LogP contribution in [0.15, 0.2) is 71.5 Å². The van der Waals surface area contributed by atoms with Gasteiger partial charge < -0.3 is 19.0 Å². The third kappa shape index (κ3) is 4.89. The molecule has 5 rings (SSSR count). The highest BCUT2D eigenvalue weighted by Crippen LogP contribution is 2.37. The lowest BCUT2D eigenvalue weighted by atomic mass is 10.00. The van der Waals surface area contributed by atoms with Crippen molar-refractivity contribution in [2.45, 2.75) is 31.9 Å². The number of aromatic nitrogens is 1. The van der Waals surface area contributed by atoms with Gasteiger partial charge in [0, 0.05) is 25.2 Å². The molecule has 0 bridgehead atoms. The van der Waals surface area contributed by atoms with E-state index in [4.69, 9.17) is 15.7 Å². The number of hydrogen-bond donors (Lipinski definition) is 0. The maximum absolute atomic E-state index is 14.0. The number of hydrogen-bond acceptors (Lipinski definition) is 5. The van der Waals surface area contributed by atoms with Crippen LogP contribution in [0.3, 0.4) is 0 Å². The van der Waals surface area contributed by atoms with Gasteiger partial charge in [0.05, 0.1) is 24.7 Å². The summed E-state index contributed by atoms with van der Waals surface area (Å²) in [6, 6.07) is 13.7. The Morgan fingerprint density at radius 2 is 1.88 bits per heavy atom. The van der Waals surface area contributed by atoms with Crippen molar-refractivity contribution in [3.63, 3.8) is 0 Å². The fourth-order valence-electron chi connectivity index (χ4n) is 4.99. The van der Waals surface area contributed by atoms with Crippen molar-refractivity contribution >= 4 is 22.7 Å². The van der Waals surface area contributed by atoms with Gasteiger partial charge in [0.2, 0.25) is 5.89 Å². The van der Waals surface area contributed by atoms with E-state index < -0.39 is 23.8 Å². The average molecular weight is 543 g/mol. The molecule has 1 fully saturated rings. The molecule has 4 aromatic rings. The predicted octanol–water partition coefficient (Wildman–Crippen LogP) is 7.06. The van der Waals surface area contributed by atoms with E-state index in [1.54, 1.807) is 49.3 Å². The van der Waals surface area contributed by atoms with Gasteiger partial charge in [0.15, 0.2) is 28.8 Å². The van der Waals surface area contributed by atoms with Crippen LogP contribution in [0.2, 0.25) is 0 Å². The highest BCUT2D eigenvalue weighted by molar-refractivity contribution is 5.94. The third-order valence-electron chi connectivity index (χ3n) is 7.17. The van der Waals surface area contributed by atoms with Gasteiger partial charge in [-0.15, -0.1) is 0 Å². The Labute approximate surface area is 231 Å². The zero-order valence-electron chi connectivity index (χ0n) is 22.6. The van der Waals surface area contributed by atoms with E-state index in [0.717, 1.165) is 17.7 Å². The van der Waals surface area contributed by atoms with E-state index in [1.165, 1.54) is 11.0 Å². The van der Waals surface area contributed by atoms with Crippen molar-refractivity contribution < 1.29 is 22.7 Å². The van der Waals surface area contributed by atoms with Crippen LogP contribution in [0.4, 0.5) is 14.5 Å². The van der Waals surface area contributed by atoms with E-state index in [9.17, 15) is 13.6 Å². The molecule has 204 valence electrons. The Morgan fingerprint density at radius 1 is 1.15 bits per heavy atom. The first-order valence-electron chi connectivity index (χ1n) is 12.8. The molecule has 0 spiro atoms. The molecule has 9 heteroatoms. The molecule has 40 heavy (non-hydrogen) atoms. The first-order chi connectivity index (χ1) is 19.1. The van der Waals surface area contributed by atoms with Crippen LogP contribution < -0.4 is 0 Å². The highest BCUT2D eigenvalue weighted by atomic mass is 19.2. The lowest BCUT2D eigenvalue weighted by molar-refractivity contribution is 0.0658. The van der Waals surface area contributed by atoms with Crippen molar-refractivity contribution in [3.05, 3.63) is 107 Å². The molecule has 0 N–H and O–H groups in total. The van der Waals surface area contributed by atoms with Crippen LogP contribution >= 0.6 is 0 Å². The summed E-state index contributed by atoms with van der Waals surface area (Å²) in [5.41, 5.74) is 4.37. The van der Waals surface area contributed by atoms with E-state index in [1.807, 2.05) is 19.9 Å². The number of carbonyl (C=O) groups is 1. The van der Waals surface area contributed by atoms with Crippen LogP contribution in [-0.4, -0.2) is 47.4 Å². The SMILES string of the molecule is [C-]#[N+]c1cc(C(C)C)c2oc(-c3ccc(C(=O)N(C)C[C@H]4OC(=C)N(C)[C@@H]4c4ccc(F)c(F)c4)cc3)nc2c1. The van der Waals surface area contributed by atoms with Gasteiger partial charge in [0.1, 0.15) is 6.10 Å². The van der Waals surface area contributed by atoms with Gasteiger partial charge in [-0.1, -0.05) is 19.9 Å². The number of amides is 1. The summed E-state index contributed by atoms with van der Waals surface area (Å²) in [6.45, 7) is 15.5. The largest absolute Gasteiger partial charge is 0.472 e. The monoisotopic (exact) mass is 542 g/mol. The number of rotatable bonds is 6. The van der Waals surface area contributed by atoms with Gasteiger partial charge in [-0.25, -0.2) is 18.6 Å². The smallest absolute Gasteiger partial charge is 0.253 e. The number of likely N-dealkylation sites (N-methyl/N-ethyl adjacent to an activating group) is 2. The quantitative estimate of drug-likeness (QED) is 0.244. The Hall–Kier alpha value is -4.71. The molecule has 1 aliphatic rings. The summed E-state index contributed by atoms with van der Waals surface area (Å²) in [5, 5.41) is 0. The molecular formula is C31H28F2N4O3. The second kappa shape index (κ2) is 10.5. The molecule has 3 aromatic carbocycles. The average Bonchev–Trinajstić information content (AvgIpc) is 3.49. The standard InChI is InChI=1S/C31H28F2N4O3/c1-17(2)23-14-22(34-4)15-26-29(23)40-30(35-26)19-7-9-20(10-8-19)31(38)36(5)16-27-28(37(6)18(3)39-27)21-11-12-24(32)25(33)13-21/h7-15,17,27-28H,3,16H2,1-2,5-6H3/t27-,28-/m1/s1. The van der Waals surface area contributed by atoms with Crippen LogP contribution in [-0.2, 0) is 4.74 Å². The van der Waals surface area contributed by atoms with E-state index in [0.29, 0.717) is 45.3 Å². The predicted molar refractivity (Wildman–Crippen MR) is 148 cm³/mol. The van der Waals surface area contributed by atoms with E-state index in [-0.39, 0.29) is 18.4 Å². The van der Waals surface area contributed by atoms with Crippen LogP contribution in [0.25, 0.3) is 27.4 Å². The Morgan fingerprint density at radius 3 is 2.52 bits per heavy atom. The number of halogens is 2. The minimum Gasteiger partial charge on any atom is -0.472 e. The molecule has 0 unspecified atom stereocenters. The summed E-state index contributed by atoms with van der Waals surface area (Å²) in [6.07, 6.45) is -0.536. The number of ether oxygens (including phenoxy) is 1. The molecular weight excluding hydrogens is 514 g/mol. The topological polar surface area (TPSA) is 63.2 Å². The number of benzene rings is 3. The Balaban J connectivity index is 1.35. The van der Waals surface area contributed by atoms with Crippen LogP contribution in [0.1, 0.15) is 47.3 Å². The molecule has 2 atom stereocenters. The van der Waals surface area contributed by atoms with Crippen molar-refractivity contribution in [1.29, 1.82) is 0 Å². The normalized spacial score (nSPS) is 16.9. The van der Waals surface area contributed by atoms with E-state index >= 15 is 0 Å². The number of fused-ring (bicyclic) bond motifs is 1. The fourth-order valence-corrected chi connectivity index (χ4v) is 4.99.